The zero-order chi connectivity index (χ0) is 21.7. The smallest absolute Gasteiger partial charge is 0.416 e. The van der Waals surface area contributed by atoms with Gasteiger partial charge in [-0.05, 0) is 43.3 Å². The number of alkyl halides is 3. The predicted octanol–water partition coefficient (Wildman–Crippen LogP) is 4.72. The van der Waals surface area contributed by atoms with E-state index in [0.717, 1.165) is 17.7 Å². The highest BCUT2D eigenvalue weighted by Gasteiger charge is 2.30. The average Bonchev–Trinajstić information content (AvgIpc) is 3.14. The van der Waals surface area contributed by atoms with E-state index in [1.807, 2.05) is 35.8 Å². The number of aromatic nitrogens is 3. The first-order valence-corrected chi connectivity index (χ1v) is 9.98. The van der Waals surface area contributed by atoms with Crippen LogP contribution < -0.4 is 10.1 Å². The molecule has 0 unspecified atom stereocenters. The van der Waals surface area contributed by atoms with Gasteiger partial charge in [-0.3, -0.25) is 4.79 Å². The first-order valence-electron chi connectivity index (χ1n) is 9.00. The summed E-state index contributed by atoms with van der Waals surface area (Å²) in [6, 6.07) is 11.7. The SMILES string of the molecule is CCn1c(SCC(=O)Nc2ccc(C(F)(F)F)cc2)nnc1-c1ccccc1OC. The topological polar surface area (TPSA) is 69.0 Å². The molecule has 0 fully saturated rings. The Morgan fingerprint density at radius 3 is 2.47 bits per heavy atom. The van der Waals surface area contributed by atoms with Gasteiger partial charge in [0.15, 0.2) is 11.0 Å². The van der Waals surface area contributed by atoms with Crippen molar-refractivity contribution in [3.8, 4) is 17.1 Å². The Balaban J connectivity index is 1.67. The number of anilines is 1. The fraction of sp³-hybridized carbons (Fsp3) is 0.250. The number of methoxy groups -OCH3 is 1. The van der Waals surface area contributed by atoms with Gasteiger partial charge in [-0.25, -0.2) is 0 Å². The van der Waals surface area contributed by atoms with Crippen LogP contribution in [0.5, 0.6) is 5.75 Å². The van der Waals surface area contributed by atoms with Crippen molar-refractivity contribution in [2.45, 2.75) is 24.8 Å². The minimum absolute atomic E-state index is 0.0328. The lowest BCUT2D eigenvalue weighted by atomic mass is 10.2. The molecular formula is C20H19F3N4O2S. The number of hydrogen-bond acceptors (Lipinski definition) is 5. The van der Waals surface area contributed by atoms with Crippen molar-refractivity contribution < 1.29 is 22.7 Å². The zero-order valence-corrected chi connectivity index (χ0v) is 17.0. The number of ether oxygens (including phenoxy) is 1. The summed E-state index contributed by atoms with van der Waals surface area (Å²) in [4.78, 5) is 12.2. The molecule has 0 bridgehead atoms. The van der Waals surface area contributed by atoms with E-state index in [1.54, 1.807) is 7.11 Å². The summed E-state index contributed by atoms with van der Waals surface area (Å²) in [5, 5.41) is 11.5. The van der Waals surface area contributed by atoms with Crippen LogP contribution in [0.15, 0.2) is 53.7 Å². The van der Waals surface area contributed by atoms with Gasteiger partial charge in [-0.15, -0.1) is 10.2 Å². The number of thioether (sulfide) groups is 1. The molecule has 0 saturated heterocycles. The number of para-hydroxylation sites is 1. The van der Waals surface area contributed by atoms with E-state index >= 15 is 0 Å². The number of amides is 1. The number of benzene rings is 2. The van der Waals surface area contributed by atoms with E-state index in [2.05, 4.69) is 15.5 Å². The number of nitrogens with zero attached hydrogens (tertiary/aromatic N) is 3. The normalized spacial score (nSPS) is 11.4. The van der Waals surface area contributed by atoms with Crippen molar-refractivity contribution >= 4 is 23.4 Å². The summed E-state index contributed by atoms with van der Waals surface area (Å²) in [6.45, 7) is 2.53. The van der Waals surface area contributed by atoms with E-state index in [4.69, 9.17) is 4.74 Å². The average molecular weight is 436 g/mol. The van der Waals surface area contributed by atoms with Crippen LogP contribution in [-0.2, 0) is 17.5 Å². The second kappa shape index (κ2) is 9.21. The first-order chi connectivity index (χ1) is 14.3. The Morgan fingerprint density at radius 2 is 1.83 bits per heavy atom. The summed E-state index contributed by atoms with van der Waals surface area (Å²) in [6.07, 6.45) is -4.41. The van der Waals surface area contributed by atoms with Crippen LogP contribution in [-0.4, -0.2) is 33.5 Å². The van der Waals surface area contributed by atoms with Gasteiger partial charge in [0.1, 0.15) is 5.75 Å². The van der Waals surface area contributed by atoms with Crippen LogP contribution in [0.3, 0.4) is 0 Å². The predicted molar refractivity (Wildman–Crippen MR) is 108 cm³/mol. The third-order valence-corrected chi connectivity index (χ3v) is 5.18. The van der Waals surface area contributed by atoms with Crippen LogP contribution in [0.2, 0.25) is 0 Å². The second-order valence-electron chi connectivity index (χ2n) is 6.16. The van der Waals surface area contributed by atoms with Crippen LogP contribution in [0.25, 0.3) is 11.4 Å². The summed E-state index contributed by atoms with van der Waals surface area (Å²) in [5.41, 5.74) is 0.311. The van der Waals surface area contributed by atoms with Crippen molar-refractivity contribution in [1.29, 1.82) is 0 Å². The Bertz CT molecular complexity index is 1020. The minimum Gasteiger partial charge on any atom is -0.496 e. The number of halogens is 3. The molecule has 1 N–H and O–H groups in total. The highest BCUT2D eigenvalue weighted by molar-refractivity contribution is 7.99. The summed E-state index contributed by atoms with van der Waals surface area (Å²) >= 11 is 1.19. The van der Waals surface area contributed by atoms with Gasteiger partial charge < -0.3 is 14.6 Å². The molecule has 1 amide bonds. The van der Waals surface area contributed by atoms with Crippen molar-refractivity contribution in [1.82, 2.24) is 14.8 Å². The molecule has 10 heteroatoms. The Labute approximate surface area is 175 Å². The highest BCUT2D eigenvalue weighted by Crippen LogP contribution is 2.31. The van der Waals surface area contributed by atoms with E-state index in [9.17, 15) is 18.0 Å². The molecule has 6 nitrogen and oxygen atoms in total. The van der Waals surface area contributed by atoms with Crippen molar-refractivity contribution in [3.05, 3.63) is 54.1 Å². The molecule has 1 heterocycles. The summed E-state index contributed by atoms with van der Waals surface area (Å²) < 4.78 is 45.1. The fourth-order valence-corrected chi connectivity index (χ4v) is 3.58. The zero-order valence-electron chi connectivity index (χ0n) is 16.2. The number of hydrogen-bond donors (Lipinski definition) is 1. The monoisotopic (exact) mass is 436 g/mol. The van der Waals surface area contributed by atoms with Crippen molar-refractivity contribution in [3.63, 3.8) is 0 Å². The lowest BCUT2D eigenvalue weighted by Crippen LogP contribution is -2.15. The molecule has 0 aliphatic rings. The number of carbonyl (C=O) groups is 1. The maximum absolute atomic E-state index is 12.6. The van der Waals surface area contributed by atoms with Gasteiger partial charge in [-0.1, -0.05) is 23.9 Å². The van der Waals surface area contributed by atoms with Gasteiger partial charge >= 0.3 is 6.18 Å². The van der Waals surface area contributed by atoms with E-state index in [1.165, 1.54) is 23.9 Å². The molecule has 0 saturated carbocycles. The molecule has 0 atom stereocenters. The molecular weight excluding hydrogens is 417 g/mol. The van der Waals surface area contributed by atoms with Crippen LogP contribution in [0.1, 0.15) is 12.5 Å². The lowest BCUT2D eigenvalue weighted by Gasteiger charge is -2.10. The van der Waals surface area contributed by atoms with Crippen LogP contribution in [0.4, 0.5) is 18.9 Å². The molecule has 3 rings (SSSR count). The third kappa shape index (κ3) is 4.93. The fourth-order valence-electron chi connectivity index (χ4n) is 2.78. The van der Waals surface area contributed by atoms with Crippen molar-refractivity contribution in [2.24, 2.45) is 0 Å². The molecule has 0 spiro atoms. The van der Waals surface area contributed by atoms with Gasteiger partial charge in [0.05, 0.1) is 24.0 Å². The molecule has 0 aliphatic carbocycles. The van der Waals surface area contributed by atoms with Gasteiger partial charge in [0, 0.05) is 12.2 Å². The maximum atomic E-state index is 12.6. The molecule has 2 aromatic carbocycles. The minimum atomic E-state index is -4.41. The maximum Gasteiger partial charge on any atom is 0.416 e. The summed E-state index contributed by atoms with van der Waals surface area (Å²) in [7, 11) is 1.58. The molecule has 0 aliphatic heterocycles. The van der Waals surface area contributed by atoms with Gasteiger partial charge in [0.25, 0.3) is 0 Å². The molecule has 1 aromatic heterocycles. The standard InChI is InChI=1S/C20H19F3N4O2S/c1-3-27-18(15-6-4-5-7-16(15)29-2)25-26-19(27)30-12-17(28)24-14-10-8-13(9-11-14)20(21,22)23/h4-11H,3,12H2,1-2H3,(H,24,28). The van der Waals surface area contributed by atoms with E-state index in [-0.39, 0.29) is 11.7 Å². The quantitative estimate of drug-likeness (QED) is 0.543. The Hall–Kier alpha value is -3.01. The first kappa shape index (κ1) is 21.7. The van der Waals surface area contributed by atoms with E-state index < -0.39 is 11.7 Å². The van der Waals surface area contributed by atoms with Crippen LogP contribution in [0, 0.1) is 0 Å². The van der Waals surface area contributed by atoms with Gasteiger partial charge in [-0.2, -0.15) is 13.2 Å². The highest BCUT2D eigenvalue weighted by atomic mass is 32.2. The number of rotatable bonds is 7. The molecule has 3 aromatic rings. The third-order valence-electron chi connectivity index (χ3n) is 4.21. The number of nitrogens with one attached hydrogen (secondary N) is 1. The number of carbonyl (C=O) groups excluding carboxylic acids is 1. The molecule has 158 valence electrons. The molecule has 0 radical (unpaired) electrons. The summed E-state index contributed by atoms with van der Waals surface area (Å²) in [5.74, 6) is 0.964. The lowest BCUT2D eigenvalue weighted by molar-refractivity contribution is -0.137. The largest absolute Gasteiger partial charge is 0.496 e. The van der Waals surface area contributed by atoms with Gasteiger partial charge in [0.2, 0.25) is 5.91 Å². The second-order valence-corrected chi connectivity index (χ2v) is 7.11. The van der Waals surface area contributed by atoms with Crippen molar-refractivity contribution in [2.75, 3.05) is 18.2 Å². The Morgan fingerprint density at radius 1 is 1.13 bits per heavy atom. The van der Waals surface area contributed by atoms with Crippen LogP contribution >= 0.6 is 11.8 Å². The Kier molecular flexibility index (Phi) is 6.66. The van der Waals surface area contributed by atoms with E-state index in [0.29, 0.717) is 29.0 Å². The molecule has 30 heavy (non-hydrogen) atoms.